The molecule has 1 unspecified atom stereocenters. The van der Waals surface area contributed by atoms with Crippen molar-refractivity contribution in [3.63, 3.8) is 0 Å². The third-order valence-electron chi connectivity index (χ3n) is 8.39. The van der Waals surface area contributed by atoms with Crippen molar-refractivity contribution in [3.8, 4) is 22.5 Å². The molecule has 3 aromatic carbocycles. The summed E-state index contributed by atoms with van der Waals surface area (Å²) >= 11 is 0. The number of benzene rings is 3. The average molecular weight is 616 g/mol. The van der Waals surface area contributed by atoms with Crippen LogP contribution in [0, 0.1) is 0 Å². The molecule has 9 heteroatoms. The molecule has 3 heterocycles. The molecule has 9 nitrogen and oxygen atoms in total. The molecule has 1 N–H and O–H groups in total. The Bertz CT molecular complexity index is 1880. The molecule has 0 radical (unpaired) electrons. The number of fused-ring (bicyclic) bond motifs is 1. The Hall–Kier alpha value is -4.73. The summed E-state index contributed by atoms with van der Waals surface area (Å²) in [5.74, 6) is 1.64. The number of rotatable bonds is 14. The molecule has 0 saturated heterocycles. The number of imidazole rings is 1. The smallest absolute Gasteiger partial charge is 0.185 e. The summed E-state index contributed by atoms with van der Waals surface area (Å²) in [6, 6.07) is 29.3. The quantitative estimate of drug-likeness (QED) is 0.141. The van der Waals surface area contributed by atoms with Gasteiger partial charge in [0.05, 0.1) is 18.8 Å². The number of hydrogen-bond acceptors (Lipinski definition) is 7. The Labute approximate surface area is 269 Å². The summed E-state index contributed by atoms with van der Waals surface area (Å²) in [5.41, 5.74) is 8.77. The van der Waals surface area contributed by atoms with E-state index >= 15 is 0 Å². The van der Waals surface area contributed by atoms with E-state index in [1.165, 1.54) is 5.56 Å². The van der Waals surface area contributed by atoms with Crippen molar-refractivity contribution in [1.82, 2.24) is 34.7 Å². The molecule has 0 fully saturated rings. The van der Waals surface area contributed by atoms with Gasteiger partial charge >= 0.3 is 0 Å². The minimum atomic E-state index is -0.322. The predicted octanol–water partition coefficient (Wildman–Crippen LogP) is 6.98. The van der Waals surface area contributed by atoms with E-state index in [0.29, 0.717) is 24.7 Å². The first kappa shape index (κ1) is 31.3. The molecule has 46 heavy (non-hydrogen) atoms. The zero-order valence-corrected chi connectivity index (χ0v) is 26.8. The molecule has 1 atom stereocenters. The first-order valence-corrected chi connectivity index (χ1v) is 16.2. The number of hydrogen-bond donors (Lipinski definition) is 1. The van der Waals surface area contributed by atoms with Crippen LogP contribution in [-0.4, -0.2) is 46.5 Å². The molecular formula is C37H41N7O2. The fraction of sp³-hybridized carbons (Fsp3) is 0.324. The van der Waals surface area contributed by atoms with Crippen LogP contribution in [0.3, 0.4) is 0 Å². The standard InChI is InChI=1S/C37H41N7O2/c1-4-6-17-35-38-33-23-30(20-18-27-13-9-7-10-14-27)34(25-45)39-37(33)43(35)24-28-19-21-31(29-15-11-8-12-16-29)32(22-28)36-40-41-42-44(36)26(3)46-5-2/h7-16,19,21-23,26,45H,4-6,17-18,20,24-25H2,1-3H3. The summed E-state index contributed by atoms with van der Waals surface area (Å²) in [5, 5.41) is 23.1. The number of aliphatic hydroxyl groups excluding tert-OH is 1. The Morgan fingerprint density at radius 2 is 1.61 bits per heavy atom. The number of nitrogens with zero attached hydrogens (tertiary/aromatic N) is 7. The number of ether oxygens (including phenoxy) is 1. The van der Waals surface area contributed by atoms with Gasteiger partial charge in [-0.2, -0.15) is 4.68 Å². The molecule has 0 aliphatic heterocycles. The van der Waals surface area contributed by atoms with Crippen molar-refractivity contribution in [2.75, 3.05) is 6.61 Å². The van der Waals surface area contributed by atoms with Crippen molar-refractivity contribution in [3.05, 3.63) is 113 Å². The van der Waals surface area contributed by atoms with Crippen LogP contribution in [0.5, 0.6) is 0 Å². The molecule has 0 spiro atoms. The zero-order valence-electron chi connectivity index (χ0n) is 26.8. The first-order valence-electron chi connectivity index (χ1n) is 16.2. The fourth-order valence-corrected chi connectivity index (χ4v) is 6.00. The minimum Gasteiger partial charge on any atom is -0.390 e. The number of unbranched alkanes of at least 4 members (excludes halogenated alkanes) is 1. The van der Waals surface area contributed by atoms with E-state index in [2.05, 4.69) is 87.7 Å². The Balaban J connectivity index is 1.41. The number of aryl methyl sites for hydroxylation is 3. The molecule has 0 saturated carbocycles. The molecule has 236 valence electrons. The van der Waals surface area contributed by atoms with Crippen LogP contribution in [0.25, 0.3) is 33.7 Å². The number of pyridine rings is 1. The van der Waals surface area contributed by atoms with Crippen molar-refractivity contribution in [2.45, 2.75) is 72.3 Å². The lowest BCUT2D eigenvalue weighted by atomic mass is 9.96. The van der Waals surface area contributed by atoms with E-state index in [0.717, 1.165) is 76.9 Å². The van der Waals surface area contributed by atoms with E-state index in [-0.39, 0.29) is 12.8 Å². The van der Waals surface area contributed by atoms with Crippen LogP contribution in [0.15, 0.2) is 84.9 Å². The Kier molecular flexibility index (Phi) is 9.91. The van der Waals surface area contributed by atoms with Crippen LogP contribution < -0.4 is 0 Å². The van der Waals surface area contributed by atoms with Crippen molar-refractivity contribution >= 4 is 11.2 Å². The topological polar surface area (TPSA) is 104 Å². The van der Waals surface area contributed by atoms with Crippen LogP contribution in [0.2, 0.25) is 0 Å². The first-order chi connectivity index (χ1) is 22.6. The van der Waals surface area contributed by atoms with Crippen LogP contribution in [-0.2, 0) is 37.2 Å². The van der Waals surface area contributed by atoms with Gasteiger partial charge in [0.25, 0.3) is 0 Å². The second-order valence-electron chi connectivity index (χ2n) is 11.5. The van der Waals surface area contributed by atoms with Crippen molar-refractivity contribution in [2.24, 2.45) is 0 Å². The minimum absolute atomic E-state index is 0.119. The van der Waals surface area contributed by atoms with Crippen LogP contribution in [0.4, 0.5) is 0 Å². The maximum absolute atomic E-state index is 10.4. The number of aliphatic hydroxyl groups is 1. The summed E-state index contributed by atoms with van der Waals surface area (Å²) in [6.07, 6.45) is 4.29. The average Bonchev–Trinajstić information content (AvgIpc) is 3.72. The van der Waals surface area contributed by atoms with Crippen LogP contribution in [0.1, 0.15) is 68.0 Å². The summed E-state index contributed by atoms with van der Waals surface area (Å²) in [6.45, 7) is 7.11. The zero-order chi connectivity index (χ0) is 31.9. The molecule has 6 rings (SSSR count). The second kappa shape index (κ2) is 14.6. The SMILES string of the molecule is CCCCc1nc2cc(CCc3ccccc3)c(CO)nc2n1Cc1ccc(-c2ccccc2)c(-c2nnnn2C(C)OCC)c1. The van der Waals surface area contributed by atoms with Gasteiger partial charge in [-0.25, -0.2) is 9.97 Å². The molecule has 0 amide bonds. The highest BCUT2D eigenvalue weighted by Gasteiger charge is 2.21. The largest absolute Gasteiger partial charge is 0.390 e. The van der Waals surface area contributed by atoms with Crippen molar-refractivity contribution < 1.29 is 9.84 Å². The molecule has 0 aliphatic carbocycles. The highest BCUT2D eigenvalue weighted by molar-refractivity contribution is 5.81. The maximum Gasteiger partial charge on any atom is 0.185 e. The monoisotopic (exact) mass is 615 g/mol. The van der Waals surface area contributed by atoms with Gasteiger partial charge in [0.2, 0.25) is 0 Å². The predicted molar refractivity (Wildman–Crippen MR) is 180 cm³/mol. The van der Waals surface area contributed by atoms with Gasteiger partial charge in [-0.15, -0.1) is 5.10 Å². The van der Waals surface area contributed by atoms with Gasteiger partial charge in [0, 0.05) is 18.6 Å². The number of tetrazole rings is 1. The van der Waals surface area contributed by atoms with Gasteiger partial charge in [-0.05, 0) is 83.5 Å². The van der Waals surface area contributed by atoms with E-state index in [1.807, 2.05) is 38.1 Å². The second-order valence-corrected chi connectivity index (χ2v) is 11.5. The molecule has 3 aromatic heterocycles. The summed E-state index contributed by atoms with van der Waals surface area (Å²) in [7, 11) is 0. The van der Waals surface area contributed by atoms with E-state index in [4.69, 9.17) is 14.7 Å². The summed E-state index contributed by atoms with van der Waals surface area (Å²) in [4.78, 5) is 10.1. The van der Waals surface area contributed by atoms with Gasteiger partial charge < -0.3 is 14.4 Å². The maximum atomic E-state index is 10.4. The lowest BCUT2D eigenvalue weighted by Gasteiger charge is -2.17. The van der Waals surface area contributed by atoms with E-state index in [1.54, 1.807) is 4.68 Å². The third kappa shape index (κ3) is 6.76. The molecular weight excluding hydrogens is 574 g/mol. The molecule has 0 aliphatic rings. The third-order valence-corrected chi connectivity index (χ3v) is 8.39. The molecule has 6 aromatic rings. The highest BCUT2D eigenvalue weighted by atomic mass is 16.5. The lowest BCUT2D eigenvalue weighted by molar-refractivity contribution is 0.0159. The van der Waals surface area contributed by atoms with Crippen LogP contribution >= 0.6 is 0 Å². The van der Waals surface area contributed by atoms with Gasteiger partial charge in [0.15, 0.2) is 17.7 Å². The molecule has 0 bridgehead atoms. The van der Waals surface area contributed by atoms with Gasteiger partial charge in [-0.3, -0.25) is 0 Å². The number of aromatic nitrogens is 7. The lowest BCUT2D eigenvalue weighted by Crippen LogP contribution is -2.13. The Morgan fingerprint density at radius 3 is 2.35 bits per heavy atom. The van der Waals surface area contributed by atoms with Crippen molar-refractivity contribution in [1.29, 1.82) is 0 Å². The fourth-order valence-electron chi connectivity index (χ4n) is 6.00. The normalized spacial score (nSPS) is 12.2. The van der Waals surface area contributed by atoms with E-state index < -0.39 is 0 Å². The van der Waals surface area contributed by atoms with E-state index in [9.17, 15) is 5.11 Å². The highest BCUT2D eigenvalue weighted by Crippen LogP contribution is 2.33. The summed E-state index contributed by atoms with van der Waals surface area (Å²) < 4.78 is 9.81. The van der Waals surface area contributed by atoms with Gasteiger partial charge in [0.1, 0.15) is 11.3 Å². The van der Waals surface area contributed by atoms with Gasteiger partial charge in [-0.1, -0.05) is 86.1 Å². The Morgan fingerprint density at radius 1 is 0.826 bits per heavy atom.